The lowest BCUT2D eigenvalue weighted by molar-refractivity contribution is 0.340. The molecule has 0 unspecified atom stereocenters. The Kier molecular flexibility index (Phi) is 5.85. The van der Waals surface area contributed by atoms with Crippen LogP contribution in [0.25, 0.3) is 0 Å². The van der Waals surface area contributed by atoms with Crippen LogP contribution in [0.2, 0.25) is 0 Å². The molecule has 2 aromatic carbocycles. The van der Waals surface area contributed by atoms with Gasteiger partial charge in [-0.15, -0.1) is 0 Å². The summed E-state index contributed by atoms with van der Waals surface area (Å²) in [5.41, 5.74) is 3.83. The van der Waals surface area contributed by atoms with Crippen LogP contribution in [-0.4, -0.2) is 17.9 Å². The molecule has 114 valence electrons. The summed E-state index contributed by atoms with van der Waals surface area (Å²) in [6.07, 6.45) is 1.62. The van der Waals surface area contributed by atoms with Gasteiger partial charge in [-0.2, -0.15) is 5.10 Å². The van der Waals surface area contributed by atoms with Crippen molar-refractivity contribution < 1.29 is 9.13 Å². The van der Waals surface area contributed by atoms with Gasteiger partial charge in [0, 0.05) is 0 Å². The van der Waals surface area contributed by atoms with Crippen LogP contribution in [0, 0.1) is 5.82 Å². The Labute approximate surface area is 134 Å². The smallest absolute Gasteiger partial charge is 0.191 e. The lowest BCUT2D eigenvalue weighted by Gasteiger charge is -2.07. The maximum atomic E-state index is 13.4. The molecule has 0 saturated carbocycles. The molecule has 0 atom stereocenters. The van der Waals surface area contributed by atoms with E-state index in [-0.39, 0.29) is 10.9 Å². The third kappa shape index (κ3) is 4.82. The number of rotatable bonds is 5. The minimum Gasteiger partial charge on any atom is -0.494 e. The first-order valence-corrected chi connectivity index (χ1v) is 7.17. The molecular formula is C16H16FN3OS. The van der Waals surface area contributed by atoms with E-state index < -0.39 is 0 Å². The number of anilines is 1. The molecule has 0 aromatic heterocycles. The number of halogens is 1. The van der Waals surface area contributed by atoms with E-state index in [2.05, 4.69) is 15.8 Å². The summed E-state index contributed by atoms with van der Waals surface area (Å²) < 4.78 is 18.8. The third-order valence-corrected chi connectivity index (χ3v) is 2.89. The molecule has 0 bridgehead atoms. The van der Waals surface area contributed by atoms with Gasteiger partial charge in [-0.1, -0.05) is 12.1 Å². The van der Waals surface area contributed by atoms with Crippen LogP contribution >= 0.6 is 12.2 Å². The summed E-state index contributed by atoms with van der Waals surface area (Å²) in [6, 6.07) is 13.8. The standard InChI is InChI=1S/C16H16FN3OS/c1-2-21-13-9-7-12(8-10-13)11-18-20-16(22)19-15-6-4-3-5-14(15)17/h3-11H,2H2,1H3,(H2,19,20,22)/b18-11-. The number of nitrogens with one attached hydrogen (secondary N) is 2. The molecule has 22 heavy (non-hydrogen) atoms. The van der Waals surface area contributed by atoms with E-state index in [0.717, 1.165) is 11.3 Å². The molecule has 0 aliphatic heterocycles. The Morgan fingerprint density at radius 3 is 2.64 bits per heavy atom. The molecule has 4 nitrogen and oxygen atoms in total. The van der Waals surface area contributed by atoms with Crippen LogP contribution in [0.1, 0.15) is 12.5 Å². The van der Waals surface area contributed by atoms with E-state index >= 15 is 0 Å². The second-order valence-electron chi connectivity index (χ2n) is 4.31. The quantitative estimate of drug-likeness (QED) is 0.503. The number of benzene rings is 2. The number of thiocarbonyl (C=S) groups is 1. The van der Waals surface area contributed by atoms with Crippen LogP contribution in [-0.2, 0) is 0 Å². The van der Waals surface area contributed by atoms with Crippen molar-refractivity contribution in [3.05, 3.63) is 59.9 Å². The lowest BCUT2D eigenvalue weighted by Crippen LogP contribution is -2.24. The van der Waals surface area contributed by atoms with Gasteiger partial charge in [-0.3, -0.25) is 5.43 Å². The molecule has 0 heterocycles. The number of hydrogen-bond donors (Lipinski definition) is 2. The van der Waals surface area contributed by atoms with Gasteiger partial charge in [0.1, 0.15) is 11.6 Å². The molecular weight excluding hydrogens is 301 g/mol. The fraction of sp³-hybridized carbons (Fsp3) is 0.125. The van der Waals surface area contributed by atoms with Crippen molar-refractivity contribution in [3.63, 3.8) is 0 Å². The highest BCUT2D eigenvalue weighted by Gasteiger charge is 2.01. The highest BCUT2D eigenvalue weighted by atomic mass is 32.1. The third-order valence-electron chi connectivity index (χ3n) is 2.69. The predicted octanol–water partition coefficient (Wildman–Crippen LogP) is 3.54. The lowest BCUT2D eigenvalue weighted by atomic mass is 10.2. The van der Waals surface area contributed by atoms with Crippen molar-refractivity contribution in [2.45, 2.75) is 6.92 Å². The molecule has 2 N–H and O–H groups in total. The van der Waals surface area contributed by atoms with Gasteiger partial charge in [0.15, 0.2) is 5.11 Å². The van der Waals surface area contributed by atoms with Gasteiger partial charge in [0.25, 0.3) is 0 Å². The van der Waals surface area contributed by atoms with Crippen LogP contribution in [0.15, 0.2) is 53.6 Å². The zero-order valence-electron chi connectivity index (χ0n) is 12.0. The number of hydrogen-bond acceptors (Lipinski definition) is 3. The summed E-state index contributed by atoms with van der Waals surface area (Å²) in [4.78, 5) is 0. The first-order valence-electron chi connectivity index (χ1n) is 6.76. The van der Waals surface area contributed by atoms with Crippen LogP contribution in [0.5, 0.6) is 5.75 Å². The first-order chi connectivity index (χ1) is 10.7. The van der Waals surface area contributed by atoms with Crippen LogP contribution in [0.4, 0.5) is 10.1 Å². The van der Waals surface area contributed by atoms with Crippen molar-refractivity contribution in [1.29, 1.82) is 0 Å². The van der Waals surface area contributed by atoms with Gasteiger partial charge in [-0.05, 0) is 61.1 Å². The predicted molar refractivity (Wildman–Crippen MR) is 91.0 cm³/mol. The number of ether oxygens (including phenoxy) is 1. The van der Waals surface area contributed by atoms with Crippen molar-refractivity contribution in [1.82, 2.24) is 5.43 Å². The average Bonchev–Trinajstić information content (AvgIpc) is 2.52. The topological polar surface area (TPSA) is 45.6 Å². The van der Waals surface area contributed by atoms with Crippen molar-refractivity contribution >= 4 is 29.2 Å². The summed E-state index contributed by atoms with van der Waals surface area (Å²) in [5, 5.41) is 6.95. The van der Waals surface area contributed by atoms with Crippen LogP contribution in [0.3, 0.4) is 0 Å². The van der Waals surface area contributed by atoms with Gasteiger partial charge < -0.3 is 10.1 Å². The van der Waals surface area contributed by atoms with E-state index in [1.165, 1.54) is 6.07 Å². The Hall–Kier alpha value is -2.47. The molecule has 0 aliphatic rings. The summed E-state index contributed by atoms with van der Waals surface area (Å²) >= 11 is 5.04. The molecule has 0 aliphatic carbocycles. The van der Waals surface area contributed by atoms with E-state index in [9.17, 15) is 4.39 Å². The Bertz CT molecular complexity index is 659. The Morgan fingerprint density at radius 2 is 1.95 bits per heavy atom. The molecule has 0 amide bonds. The minimum atomic E-state index is -0.373. The maximum Gasteiger partial charge on any atom is 0.191 e. The van der Waals surface area contributed by atoms with Gasteiger partial charge in [-0.25, -0.2) is 4.39 Å². The Balaban J connectivity index is 1.86. The monoisotopic (exact) mass is 317 g/mol. The van der Waals surface area contributed by atoms with Crippen molar-refractivity contribution in [2.75, 3.05) is 11.9 Å². The molecule has 0 spiro atoms. The molecule has 2 rings (SSSR count). The first kappa shape index (κ1) is 15.9. The highest BCUT2D eigenvalue weighted by molar-refractivity contribution is 7.80. The number of hydrazone groups is 1. The summed E-state index contributed by atoms with van der Waals surface area (Å²) in [6.45, 7) is 2.56. The molecule has 0 saturated heterocycles. The second kappa shape index (κ2) is 8.09. The molecule has 0 fully saturated rings. The highest BCUT2D eigenvalue weighted by Crippen LogP contribution is 2.12. The van der Waals surface area contributed by atoms with Crippen molar-refractivity contribution in [2.24, 2.45) is 5.10 Å². The fourth-order valence-corrected chi connectivity index (χ4v) is 1.86. The normalized spacial score (nSPS) is 10.5. The average molecular weight is 317 g/mol. The largest absolute Gasteiger partial charge is 0.494 e. The van der Waals surface area contributed by atoms with E-state index in [4.69, 9.17) is 17.0 Å². The molecule has 2 aromatic rings. The van der Waals surface area contributed by atoms with Gasteiger partial charge in [0.2, 0.25) is 0 Å². The Morgan fingerprint density at radius 1 is 1.23 bits per heavy atom. The SMILES string of the molecule is CCOc1ccc(/C=N\NC(=S)Nc2ccccc2F)cc1. The van der Waals surface area contributed by atoms with E-state index in [1.807, 2.05) is 31.2 Å². The van der Waals surface area contributed by atoms with E-state index in [1.54, 1.807) is 24.4 Å². The zero-order valence-corrected chi connectivity index (χ0v) is 12.9. The molecule has 0 radical (unpaired) electrons. The van der Waals surface area contributed by atoms with Crippen molar-refractivity contribution in [3.8, 4) is 5.75 Å². The molecule has 6 heteroatoms. The number of nitrogens with zero attached hydrogens (tertiary/aromatic N) is 1. The minimum absolute atomic E-state index is 0.215. The van der Waals surface area contributed by atoms with Gasteiger partial charge in [0.05, 0.1) is 18.5 Å². The fourth-order valence-electron chi connectivity index (χ4n) is 1.70. The van der Waals surface area contributed by atoms with Crippen LogP contribution < -0.4 is 15.5 Å². The van der Waals surface area contributed by atoms with E-state index in [0.29, 0.717) is 12.3 Å². The maximum absolute atomic E-state index is 13.4. The second-order valence-corrected chi connectivity index (χ2v) is 4.71. The van der Waals surface area contributed by atoms with Gasteiger partial charge >= 0.3 is 0 Å². The number of para-hydroxylation sites is 1. The summed E-state index contributed by atoms with van der Waals surface area (Å²) in [5.74, 6) is 0.437. The zero-order chi connectivity index (χ0) is 15.8. The summed E-state index contributed by atoms with van der Waals surface area (Å²) in [7, 11) is 0.